The first-order valence-electron chi connectivity index (χ1n) is 15.4. The maximum absolute atomic E-state index is 2.62. The molecule has 0 saturated heterocycles. The van der Waals surface area contributed by atoms with Crippen LogP contribution < -0.4 is 15.7 Å². The molecule has 2 aliphatic rings. The average Bonchev–Trinajstić information content (AvgIpc) is 3.11. The van der Waals surface area contributed by atoms with Crippen LogP contribution in [0.4, 0.5) is 11.4 Å². The third kappa shape index (κ3) is 3.15. The molecule has 0 amide bonds. The van der Waals surface area contributed by atoms with Crippen LogP contribution in [-0.4, -0.2) is 6.85 Å². The van der Waals surface area contributed by atoms with Gasteiger partial charge in [0.05, 0.1) is 0 Å². The Labute approximate surface area is 256 Å². The molecule has 1 nitrogen and oxygen atoms in total. The molecule has 8 aromatic carbocycles. The molecule has 2 aliphatic heterocycles. The van der Waals surface area contributed by atoms with E-state index in [0.717, 1.165) is 0 Å². The van der Waals surface area contributed by atoms with Crippen LogP contribution in [0.3, 0.4) is 0 Å². The van der Waals surface area contributed by atoms with E-state index in [1.54, 1.807) is 0 Å². The van der Waals surface area contributed by atoms with Crippen molar-refractivity contribution in [1.82, 2.24) is 0 Å². The molecule has 0 aliphatic carbocycles. The first-order chi connectivity index (χ1) is 21.9. The maximum Gasteiger partial charge on any atom is 0.329 e. The molecule has 2 heteroatoms. The highest BCUT2D eigenvalue weighted by atomic mass is 15.1. The fourth-order valence-corrected chi connectivity index (χ4v) is 8.04. The van der Waals surface area contributed by atoms with Crippen LogP contribution in [-0.2, 0) is 0 Å². The molecule has 0 bridgehead atoms. The fraction of sp³-hybridized carbons (Fsp3) is 0. The molecule has 0 fully saturated rings. The summed E-state index contributed by atoms with van der Waals surface area (Å²) in [4.78, 5) is 2.62. The van der Waals surface area contributed by atoms with Gasteiger partial charge in [0.25, 0.3) is 0 Å². The van der Waals surface area contributed by atoms with Gasteiger partial charge >= 0.3 is 6.85 Å². The summed E-state index contributed by atoms with van der Waals surface area (Å²) in [6.07, 6.45) is 0. The molecule has 0 N–H and O–H groups in total. The molecule has 8 aromatic rings. The van der Waals surface area contributed by atoms with Crippen molar-refractivity contribution >= 4 is 61.5 Å². The van der Waals surface area contributed by atoms with Gasteiger partial charge in [-0.05, 0) is 72.1 Å². The molecule has 0 radical (unpaired) electrons. The Hall–Kier alpha value is -5.60. The van der Waals surface area contributed by atoms with E-state index in [9.17, 15) is 0 Å². The van der Waals surface area contributed by atoms with Crippen molar-refractivity contribution in [2.24, 2.45) is 0 Å². The number of rotatable bonds is 1. The van der Waals surface area contributed by atoms with E-state index in [1.807, 2.05) is 0 Å². The highest BCUT2D eigenvalue weighted by molar-refractivity contribution is 6.92. The average molecular weight is 555 g/mol. The normalized spacial score (nSPS) is 12.9. The Balaban J connectivity index is 1.31. The zero-order chi connectivity index (χ0) is 28.8. The van der Waals surface area contributed by atoms with E-state index >= 15 is 0 Å². The Kier molecular flexibility index (Phi) is 4.87. The quantitative estimate of drug-likeness (QED) is 0.144. The van der Waals surface area contributed by atoms with Gasteiger partial charge in [-0.2, -0.15) is 0 Å². The minimum atomic E-state index is 0.0937. The Bertz CT molecular complexity index is 2440. The second-order valence-electron chi connectivity index (χ2n) is 12.0. The lowest BCUT2D eigenvalue weighted by molar-refractivity contribution is 1.35. The number of hydrogen-bond acceptors (Lipinski definition) is 1. The Morgan fingerprint density at radius 1 is 0.341 bits per heavy atom. The molecule has 2 heterocycles. The van der Waals surface area contributed by atoms with E-state index in [0.29, 0.717) is 0 Å². The predicted octanol–water partition coefficient (Wildman–Crippen LogP) is 9.72. The minimum Gasteiger partial charge on any atom is -0.375 e. The lowest BCUT2D eigenvalue weighted by Crippen LogP contribution is -2.59. The van der Waals surface area contributed by atoms with Crippen LogP contribution in [0.1, 0.15) is 0 Å². The zero-order valence-electron chi connectivity index (χ0n) is 24.0. The molecular weight excluding hydrogens is 529 g/mol. The number of hydrogen-bond donors (Lipinski definition) is 0. The molecule has 0 atom stereocenters. The van der Waals surface area contributed by atoms with Gasteiger partial charge in [-0.15, -0.1) is 0 Å². The fourth-order valence-electron chi connectivity index (χ4n) is 8.04. The standard InChI is InChI=1S/C42H26BN/c1-2-14-31-29(12-1)30-13-3-4-15-32(30)38-26-27(24-25-33(31)38)28-19-11-20-37-35-17-6-9-22-40(35)43-39-21-8-5-16-34(39)36-18-7-10-23-41(36)44(43)42(28)37/h1-26H. The monoisotopic (exact) mass is 555 g/mol. The summed E-state index contributed by atoms with van der Waals surface area (Å²) in [7, 11) is 0. The lowest BCUT2D eigenvalue weighted by atomic mass is 9.43. The third-order valence-corrected chi connectivity index (χ3v) is 9.85. The van der Waals surface area contributed by atoms with Crippen LogP contribution in [0.2, 0.25) is 0 Å². The Morgan fingerprint density at radius 2 is 0.818 bits per heavy atom. The summed E-state index contributed by atoms with van der Waals surface area (Å²) in [6.45, 7) is 0.0937. The van der Waals surface area contributed by atoms with Crippen LogP contribution in [0.25, 0.3) is 65.7 Å². The third-order valence-electron chi connectivity index (χ3n) is 9.85. The van der Waals surface area contributed by atoms with Crippen molar-refractivity contribution < 1.29 is 0 Å². The number of nitrogens with zero attached hydrogens (tertiary/aromatic N) is 1. The SMILES string of the molecule is c1ccc2c(c1)B1c3ccccc3-c3cccc(-c4ccc5c6ccccc6c6ccccc6c5c4)c3N1c1ccccc1-2. The van der Waals surface area contributed by atoms with Crippen molar-refractivity contribution in [1.29, 1.82) is 0 Å². The molecular formula is C42H26BN. The van der Waals surface area contributed by atoms with Gasteiger partial charge in [0.1, 0.15) is 0 Å². The summed E-state index contributed by atoms with van der Waals surface area (Å²) in [5.41, 5.74) is 13.0. The highest BCUT2D eigenvalue weighted by Gasteiger charge is 2.42. The molecule has 0 saturated carbocycles. The van der Waals surface area contributed by atoms with E-state index in [4.69, 9.17) is 0 Å². The van der Waals surface area contributed by atoms with Gasteiger partial charge in [0.15, 0.2) is 0 Å². The summed E-state index contributed by atoms with van der Waals surface area (Å²) in [6, 6.07) is 58.5. The van der Waals surface area contributed by atoms with Crippen molar-refractivity contribution in [3.05, 3.63) is 158 Å². The molecule has 0 unspecified atom stereocenters. The van der Waals surface area contributed by atoms with Gasteiger partial charge in [-0.25, -0.2) is 0 Å². The predicted molar refractivity (Wildman–Crippen MR) is 189 cm³/mol. The van der Waals surface area contributed by atoms with Gasteiger partial charge in [-0.3, -0.25) is 0 Å². The smallest absolute Gasteiger partial charge is 0.329 e. The van der Waals surface area contributed by atoms with E-state index in [2.05, 4.69) is 163 Å². The molecule has 0 spiro atoms. The summed E-state index contributed by atoms with van der Waals surface area (Å²) >= 11 is 0. The molecule has 44 heavy (non-hydrogen) atoms. The number of benzene rings is 8. The lowest BCUT2D eigenvalue weighted by Gasteiger charge is -2.44. The second kappa shape index (κ2) is 8.95. The molecule has 0 aromatic heterocycles. The topological polar surface area (TPSA) is 3.24 Å². The van der Waals surface area contributed by atoms with Gasteiger partial charge in [0.2, 0.25) is 0 Å². The summed E-state index contributed by atoms with van der Waals surface area (Å²) < 4.78 is 0. The first-order valence-corrected chi connectivity index (χ1v) is 15.4. The van der Waals surface area contributed by atoms with E-state index in [-0.39, 0.29) is 6.85 Å². The van der Waals surface area contributed by atoms with Crippen LogP contribution >= 0.6 is 0 Å². The highest BCUT2D eigenvalue weighted by Crippen LogP contribution is 2.50. The second-order valence-corrected chi connectivity index (χ2v) is 12.0. The maximum atomic E-state index is 2.62. The van der Waals surface area contributed by atoms with Gasteiger partial charge in [0, 0.05) is 28.1 Å². The van der Waals surface area contributed by atoms with Crippen LogP contribution in [0.15, 0.2) is 158 Å². The first kappa shape index (κ1) is 23.9. The molecule has 202 valence electrons. The van der Waals surface area contributed by atoms with Crippen molar-refractivity contribution in [3.63, 3.8) is 0 Å². The molecule has 10 rings (SSSR count). The number of anilines is 2. The summed E-state index contributed by atoms with van der Waals surface area (Å²) in [5.74, 6) is 0. The largest absolute Gasteiger partial charge is 0.375 e. The van der Waals surface area contributed by atoms with Crippen LogP contribution in [0, 0.1) is 0 Å². The number of para-hydroxylation sites is 2. The van der Waals surface area contributed by atoms with Crippen molar-refractivity contribution in [2.45, 2.75) is 0 Å². The number of fused-ring (bicyclic) bond motifs is 17. The van der Waals surface area contributed by atoms with Crippen molar-refractivity contribution in [2.75, 3.05) is 4.81 Å². The zero-order valence-corrected chi connectivity index (χ0v) is 24.0. The van der Waals surface area contributed by atoms with Crippen molar-refractivity contribution in [3.8, 4) is 33.4 Å². The van der Waals surface area contributed by atoms with E-state index in [1.165, 1.54) is 88.0 Å². The van der Waals surface area contributed by atoms with E-state index < -0.39 is 0 Å². The Morgan fingerprint density at radius 3 is 1.50 bits per heavy atom. The van der Waals surface area contributed by atoms with Gasteiger partial charge in [-0.1, -0.05) is 146 Å². The summed E-state index contributed by atoms with van der Waals surface area (Å²) in [5, 5.41) is 7.81. The van der Waals surface area contributed by atoms with Gasteiger partial charge < -0.3 is 4.81 Å². The minimum absolute atomic E-state index is 0.0937. The van der Waals surface area contributed by atoms with Crippen LogP contribution in [0.5, 0.6) is 0 Å².